The predicted octanol–water partition coefficient (Wildman–Crippen LogP) is 2.54. The normalized spacial score (nSPS) is 20.7. The van der Waals surface area contributed by atoms with Crippen molar-refractivity contribution in [2.24, 2.45) is 5.73 Å². The van der Waals surface area contributed by atoms with Crippen LogP contribution >= 0.6 is 15.9 Å². The molecular formula is C10H12BrNO. The summed E-state index contributed by atoms with van der Waals surface area (Å²) in [5, 5.41) is 0. The van der Waals surface area contributed by atoms with Gasteiger partial charge in [-0.3, -0.25) is 0 Å². The average molecular weight is 242 g/mol. The molecule has 13 heavy (non-hydrogen) atoms. The fourth-order valence-corrected chi connectivity index (χ4v) is 1.90. The molecule has 0 aliphatic carbocycles. The lowest BCUT2D eigenvalue weighted by atomic mass is 10.0. The first-order valence-electron chi connectivity index (χ1n) is 4.37. The quantitative estimate of drug-likeness (QED) is 0.758. The fraction of sp³-hybridized carbons (Fsp3) is 0.400. The highest BCUT2D eigenvalue weighted by atomic mass is 79.9. The summed E-state index contributed by atoms with van der Waals surface area (Å²) in [5.41, 5.74) is 8.27. The molecule has 3 heteroatoms. The van der Waals surface area contributed by atoms with Crippen LogP contribution in [0.4, 0.5) is 0 Å². The van der Waals surface area contributed by atoms with Crippen LogP contribution in [0.1, 0.15) is 23.6 Å². The highest BCUT2D eigenvalue weighted by Crippen LogP contribution is 2.34. The van der Waals surface area contributed by atoms with Crippen molar-refractivity contribution in [3.8, 4) is 5.75 Å². The van der Waals surface area contributed by atoms with E-state index in [9.17, 15) is 0 Å². The number of hydrogen-bond acceptors (Lipinski definition) is 2. The number of hydrogen-bond donors (Lipinski definition) is 1. The van der Waals surface area contributed by atoms with Crippen molar-refractivity contribution < 1.29 is 4.74 Å². The SMILES string of the molecule is Cc1cc2c(cc1Br)[C@@H](N)CCO2. The second-order valence-electron chi connectivity index (χ2n) is 3.38. The zero-order valence-corrected chi connectivity index (χ0v) is 9.10. The van der Waals surface area contributed by atoms with E-state index in [2.05, 4.69) is 22.0 Å². The van der Waals surface area contributed by atoms with Gasteiger partial charge in [0.25, 0.3) is 0 Å². The van der Waals surface area contributed by atoms with Crippen LogP contribution < -0.4 is 10.5 Å². The first-order valence-corrected chi connectivity index (χ1v) is 5.16. The summed E-state index contributed by atoms with van der Waals surface area (Å²) in [5.74, 6) is 0.944. The second-order valence-corrected chi connectivity index (χ2v) is 4.24. The third-order valence-electron chi connectivity index (χ3n) is 2.38. The molecule has 1 aliphatic heterocycles. The number of rotatable bonds is 0. The van der Waals surface area contributed by atoms with Gasteiger partial charge < -0.3 is 10.5 Å². The number of aryl methyl sites for hydroxylation is 1. The minimum absolute atomic E-state index is 0.126. The molecule has 1 aromatic carbocycles. The lowest BCUT2D eigenvalue weighted by Crippen LogP contribution is -2.20. The molecule has 2 rings (SSSR count). The standard InChI is InChI=1S/C10H12BrNO/c1-6-4-10-7(5-8(6)11)9(12)2-3-13-10/h4-5,9H,2-3,12H2,1H3/t9-/m0/s1. The maximum atomic E-state index is 5.96. The smallest absolute Gasteiger partial charge is 0.124 e. The van der Waals surface area contributed by atoms with Gasteiger partial charge in [-0.25, -0.2) is 0 Å². The molecular weight excluding hydrogens is 230 g/mol. The van der Waals surface area contributed by atoms with Crippen LogP contribution in [0.25, 0.3) is 0 Å². The Hall–Kier alpha value is -0.540. The molecule has 0 bridgehead atoms. The number of benzene rings is 1. The van der Waals surface area contributed by atoms with Gasteiger partial charge in [0.2, 0.25) is 0 Å². The summed E-state index contributed by atoms with van der Waals surface area (Å²) in [6.07, 6.45) is 0.905. The Morgan fingerprint density at radius 3 is 3.08 bits per heavy atom. The summed E-state index contributed by atoms with van der Waals surface area (Å²) in [6.45, 7) is 2.78. The highest BCUT2D eigenvalue weighted by molar-refractivity contribution is 9.10. The minimum Gasteiger partial charge on any atom is -0.493 e. The Labute approximate surface area is 86.2 Å². The number of fused-ring (bicyclic) bond motifs is 1. The van der Waals surface area contributed by atoms with Crippen molar-refractivity contribution in [1.82, 2.24) is 0 Å². The molecule has 0 radical (unpaired) electrons. The maximum Gasteiger partial charge on any atom is 0.124 e. The van der Waals surface area contributed by atoms with Gasteiger partial charge in [0.1, 0.15) is 5.75 Å². The van der Waals surface area contributed by atoms with Gasteiger partial charge >= 0.3 is 0 Å². The predicted molar refractivity (Wildman–Crippen MR) is 55.9 cm³/mol. The Bertz CT molecular complexity index is 338. The Balaban J connectivity index is 2.52. The van der Waals surface area contributed by atoms with E-state index in [-0.39, 0.29) is 6.04 Å². The van der Waals surface area contributed by atoms with Gasteiger partial charge in [-0.05, 0) is 24.6 Å². The largest absolute Gasteiger partial charge is 0.493 e. The van der Waals surface area contributed by atoms with Crippen molar-refractivity contribution in [2.75, 3.05) is 6.61 Å². The third-order valence-corrected chi connectivity index (χ3v) is 3.23. The summed E-state index contributed by atoms with van der Waals surface area (Å²) in [4.78, 5) is 0. The molecule has 0 fully saturated rings. The molecule has 0 amide bonds. The van der Waals surface area contributed by atoms with Crippen molar-refractivity contribution in [3.63, 3.8) is 0 Å². The van der Waals surface area contributed by atoms with E-state index in [0.717, 1.165) is 28.8 Å². The van der Waals surface area contributed by atoms with Crippen LogP contribution in [0.2, 0.25) is 0 Å². The molecule has 1 aromatic rings. The Morgan fingerprint density at radius 1 is 1.54 bits per heavy atom. The van der Waals surface area contributed by atoms with E-state index >= 15 is 0 Å². The highest BCUT2D eigenvalue weighted by Gasteiger charge is 2.18. The minimum atomic E-state index is 0.126. The topological polar surface area (TPSA) is 35.2 Å². The molecule has 1 aliphatic rings. The van der Waals surface area contributed by atoms with Crippen LogP contribution in [-0.4, -0.2) is 6.61 Å². The summed E-state index contributed by atoms with van der Waals surface area (Å²) in [7, 11) is 0. The van der Waals surface area contributed by atoms with Crippen molar-refractivity contribution in [2.45, 2.75) is 19.4 Å². The molecule has 0 aromatic heterocycles. The van der Waals surface area contributed by atoms with Crippen molar-refractivity contribution in [3.05, 3.63) is 27.7 Å². The van der Waals surface area contributed by atoms with Gasteiger partial charge in [-0.15, -0.1) is 0 Å². The van der Waals surface area contributed by atoms with Gasteiger partial charge in [0.05, 0.1) is 6.61 Å². The van der Waals surface area contributed by atoms with Crippen molar-refractivity contribution >= 4 is 15.9 Å². The lowest BCUT2D eigenvalue weighted by molar-refractivity contribution is 0.268. The molecule has 1 atom stereocenters. The van der Waals surface area contributed by atoms with E-state index in [1.807, 2.05) is 13.0 Å². The average Bonchev–Trinajstić information content (AvgIpc) is 2.09. The summed E-state index contributed by atoms with van der Waals surface area (Å²) >= 11 is 3.49. The Kier molecular flexibility index (Phi) is 2.30. The van der Waals surface area contributed by atoms with Crippen LogP contribution in [0.3, 0.4) is 0 Å². The molecule has 0 spiro atoms. The van der Waals surface area contributed by atoms with Gasteiger partial charge in [0, 0.05) is 22.5 Å². The zero-order chi connectivity index (χ0) is 9.42. The molecule has 70 valence electrons. The van der Waals surface area contributed by atoms with E-state index < -0.39 is 0 Å². The monoisotopic (exact) mass is 241 g/mol. The number of nitrogens with two attached hydrogens (primary N) is 1. The first-order chi connectivity index (χ1) is 6.18. The van der Waals surface area contributed by atoms with E-state index in [1.165, 1.54) is 5.56 Å². The summed E-state index contributed by atoms with van der Waals surface area (Å²) in [6, 6.07) is 4.23. The molecule has 0 saturated carbocycles. The van der Waals surface area contributed by atoms with E-state index in [4.69, 9.17) is 10.5 Å². The summed E-state index contributed by atoms with van der Waals surface area (Å²) < 4.78 is 6.63. The molecule has 0 saturated heterocycles. The second kappa shape index (κ2) is 3.31. The third kappa shape index (κ3) is 1.58. The van der Waals surface area contributed by atoms with Gasteiger partial charge in [-0.1, -0.05) is 15.9 Å². The van der Waals surface area contributed by atoms with Gasteiger partial charge in [-0.2, -0.15) is 0 Å². The molecule has 2 nitrogen and oxygen atoms in total. The van der Waals surface area contributed by atoms with Crippen LogP contribution in [0.15, 0.2) is 16.6 Å². The molecule has 1 heterocycles. The van der Waals surface area contributed by atoms with Gasteiger partial charge in [0.15, 0.2) is 0 Å². The zero-order valence-electron chi connectivity index (χ0n) is 7.51. The van der Waals surface area contributed by atoms with Crippen LogP contribution in [0, 0.1) is 6.92 Å². The molecule has 0 unspecified atom stereocenters. The van der Waals surface area contributed by atoms with Crippen LogP contribution in [0.5, 0.6) is 5.75 Å². The first kappa shape index (κ1) is 9.03. The van der Waals surface area contributed by atoms with Crippen LogP contribution in [-0.2, 0) is 0 Å². The number of ether oxygens (including phenoxy) is 1. The molecule has 2 N–H and O–H groups in total. The van der Waals surface area contributed by atoms with E-state index in [0.29, 0.717) is 0 Å². The van der Waals surface area contributed by atoms with E-state index in [1.54, 1.807) is 0 Å². The maximum absolute atomic E-state index is 5.96. The fourth-order valence-electron chi connectivity index (χ4n) is 1.54. The lowest BCUT2D eigenvalue weighted by Gasteiger charge is -2.23. The van der Waals surface area contributed by atoms with Crippen molar-refractivity contribution in [1.29, 1.82) is 0 Å². The number of halogens is 1. The Morgan fingerprint density at radius 2 is 2.31 bits per heavy atom.